The van der Waals surface area contributed by atoms with Crippen LogP contribution in [0.3, 0.4) is 0 Å². The van der Waals surface area contributed by atoms with E-state index < -0.39 is 0 Å². The maximum absolute atomic E-state index is 9.42. The van der Waals surface area contributed by atoms with Crippen LogP contribution in [0.5, 0.6) is 5.75 Å². The molecule has 78 valence electrons. The highest BCUT2D eigenvalue weighted by molar-refractivity contribution is 9.09. The molecule has 2 heteroatoms. The zero-order valence-electron chi connectivity index (χ0n) is 8.97. The number of halogens is 1. The van der Waals surface area contributed by atoms with Gasteiger partial charge in [0.1, 0.15) is 5.75 Å². The van der Waals surface area contributed by atoms with Gasteiger partial charge in [-0.2, -0.15) is 0 Å². The average Bonchev–Trinajstić information content (AvgIpc) is 2.01. The van der Waals surface area contributed by atoms with Crippen molar-refractivity contribution in [2.75, 3.05) is 5.33 Å². The fourth-order valence-electron chi connectivity index (χ4n) is 2.04. The van der Waals surface area contributed by atoms with Crippen molar-refractivity contribution in [3.05, 3.63) is 28.8 Å². The summed E-state index contributed by atoms with van der Waals surface area (Å²) >= 11 is 3.46. The lowest BCUT2D eigenvalue weighted by atomic mass is 9.90. The number of aromatic hydroxyl groups is 1. The molecule has 14 heavy (non-hydrogen) atoms. The van der Waals surface area contributed by atoms with E-state index in [2.05, 4.69) is 36.7 Å². The summed E-state index contributed by atoms with van der Waals surface area (Å²) in [5.41, 5.74) is 3.76. The molecule has 1 unspecified atom stereocenters. The zero-order chi connectivity index (χ0) is 10.7. The minimum Gasteiger partial charge on any atom is -0.508 e. The molecule has 0 radical (unpaired) electrons. The van der Waals surface area contributed by atoms with Crippen LogP contribution < -0.4 is 0 Å². The van der Waals surface area contributed by atoms with Gasteiger partial charge in [0.05, 0.1) is 0 Å². The van der Waals surface area contributed by atoms with Gasteiger partial charge < -0.3 is 5.11 Å². The highest BCUT2D eigenvalue weighted by Gasteiger charge is 2.11. The van der Waals surface area contributed by atoms with Crippen LogP contribution >= 0.6 is 15.9 Å². The Bertz CT molecular complexity index is 297. The zero-order valence-corrected chi connectivity index (χ0v) is 10.6. The standard InChI is InChI=1S/C12H17BrO/c1-8(4-5-13)12-9(2)6-11(14)7-10(12)3/h6-8,14H,4-5H2,1-3H3. The van der Waals surface area contributed by atoms with Gasteiger partial charge in [0, 0.05) is 5.33 Å². The largest absolute Gasteiger partial charge is 0.508 e. The highest BCUT2D eigenvalue weighted by Crippen LogP contribution is 2.29. The van der Waals surface area contributed by atoms with Crippen LogP contribution in [0.15, 0.2) is 12.1 Å². The van der Waals surface area contributed by atoms with Gasteiger partial charge >= 0.3 is 0 Å². The summed E-state index contributed by atoms with van der Waals surface area (Å²) in [5, 5.41) is 10.4. The Kier molecular flexibility index (Phi) is 3.99. The van der Waals surface area contributed by atoms with Gasteiger partial charge in [0.25, 0.3) is 0 Å². The number of alkyl halides is 1. The number of benzene rings is 1. The number of hydrogen-bond donors (Lipinski definition) is 1. The van der Waals surface area contributed by atoms with Crippen molar-refractivity contribution in [2.45, 2.75) is 33.1 Å². The SMILES string of the molecule is Cc1cc(O)cc(C)c1C(C)CCBr. The van der Waals surface area contributed by atoms with Gasteiger partial charge in [-0.05, 0) is 55.0 Å². The molecular formula is C12H17BrO. The summed E-state index contributed by atoms with van der Waals surface area (Å²) in [4.78, 5) is 0. The third-order valence-corrected chi connectivity index (χ3v) is 3.07. The molecule has 1 aromatic rings. The molecule has 0 fully saturated rings. The van der Waals surface area contributed by atoms with Crippen molar-refractivity contribution in [3.8, 4) is 5.75 Å². The normalized spacial score (nSPS) is 12.9. The van der Waals surface area contributed by atoms with E-state index in [0.717, 1.165) is 11.8 Å². The fraction of sp³-hybridized carbons (Fsp3) is 0.500. The molecule has 0 aromatic heterocycles. The Labute approximate surface area is 94.3 Å². The summed E-state index contributed by atoms with van der Waals surface area (Å²) in [5.74, 6) is 0.921. The third kappa shape index (κ3) is 2.50. The fourth-order valence-corrected chi connectivity index (χ4v) is 2.72. The van der Waals surface area contributed by atoms with Crippen molar-refractivity contribution >= 4 is 15.9 Å². The lowest BCUT2D eigenvalue weighted by Crippen LogP contribution is -2.00. The molecule has 1 rings (SSSR count). The number of phenols is 1. The molecule has 0 spiro atoms. The number of hydrogen-bond acceptors (Lipinski definition) is 1. The van der Waals surface area contributed by atoms with Crippen LogP contribution in [0.1, 0.15) is 36.0 Å². The molecule has 0 aliphatic carbocycles. The van der Waals surface area contributed by atoms with Crippen LogP contribution in [0.2, 0.25) is 0 Å². The number of aryl methyl sites for hydroxylation is 2. The second-order valence-electron chi connectivity index (χ2n) is 3.87. The predicted octanol–water partition coefficient (Wildman–Crippen LogP) is 3.90. The molecule has 1 aromatic carbocycles. The van der Waals surface area contributed by atoms with Gasteiger partial charge in [0.15, 0.2) is 0 Å². The van der Waals surface area contributed by atoms with Gasteiger partial charge in [0.2, 0.25) is 0 Å². The first kappa shape index (κ1) is 11.6. The van der Waals surface area contributed by atoms with E-state index in [4.69, 9.17) is 0 Å². The molecule has 1 atom stereocenters. The highest BCUT2D eigenvalue weighted by atomic mass is 79.9. The van der Waals surface area contributed by atoms with Crippen molar-refractivity contribution in [2.24, 2.45) is 0 Å². The molecule has 0 heterocycles. The molecule has 0 aliphatic heterocycles. The van der Waals surface area contributed by atoms with Crippen LogP contribution in [-0.4, -0.2) is 10.4 Å². The second-order valence-corrected chi connectivity index (χ2v) is 4.66. The van der Waals surface area contributed by atoms with Crippen LogP contribution in [0.4, 0.5) is 0 Å². The van der Waals surface area contributed by atoms with E-state index in [1.54, 1.807) is 0 Å². The monoisotopic (exact) mass is 256 g/mol. The van der Waals surface area contributed by atoms with Gasteiger partial charge in [-0.15, -0.1) is 0 Å². The average molecular weight is 257 g/mol. The molecule has 1 nitrogen and oxygen atoms in total. The molecule has 1 N–H and O–H groups in total. The minimum atomic E-state index is 0.370. The van der Waals surface area contributed by atoms with E-state index in [1.807, 2.05) is 12.1 Å². The Balaban J connectivity index is 3.07. The lowest BCUT2D eigenvalue weighted by molar-refractivity contribution is 0.473. The Morgan fingerprint density at radius 3 is 2.21 bits per heavy atom. The Hall–Kier alpha value is -0.500. The van der Waals surface area contributed by atoms with Crippen LogP contribution in [0, 0.1) is 13.8 Å². The first-order valence-electron chi connectivity index (χ1n) is 4.92. The van der Waals surface area contributed by atoms with Crippen molar-refractivity contribution in [1.29, 1.82) is 0 Å². The predicted molar refractivity (Wildman–Crippen MR) is 64.4 cm³/mol. The lowest BCUT2D eigenvalue weighted by Gasteiger charge is -2.16. The summed E-state index contributed by atoms with van der Waals surface area (Å²) < 4.78 is 0. The van der Waals surface area contributed by atoms with Gasteiger partial charge in [-0.1, -0.05) is 22.9 Å². The summed E-state index contributed by atoms with van der Waals surface area (Å²) in [7, 11) is 0. The van der Waals surface area contributed by atoms with Crippen molar-refractivity contribution < 1.29 is 5.11 Å². The third-order valence-electron chi connectivity index (χ3n) is 2.61. The molecular weight excluding hydrogens is 240 g/mol. The van der Waals surface area contributed by atoms with E-state index >= 15 is 0 Å². The molecule has 0 saturated carbocycles. The summed E-state index contributed by atoms with van der Waals surface area (Å²) in [6.45, 7) is 6.35. The molecule has 0 saturated heterocycles. The van der Waals surface area contributed by atoms with Crippen molar-refractivity contribution in [1.82, 2.24) is 0 Å². The second kappa shape index (κ2) is 4.83. The van der Waals surface area contributed by atoms with E-state index in [0.29, 0.717) is 11.7 Å². The topological polar surface area (TPSA) is 20.2 Å². The quantitative estimate of drug-likeness (QED) is 0.814. The van der Waals surface area contributed by atoms with Crippen LogP contribution in [-0.2, 0) is 0 Å². The van der Waals surface area contributed by atoms with Crippen molar-refractivity contribution in [3.63, 3.8) is 0 Å². The molecule has 0 amide bonds. The van der Waals surface area contributed by atoms with Gasteiger partial charge in [-0.3, -0.25) is 0 Å². The first-order valence-corrected chi connectivity index (χ1v) is 6.04. The first-order chi connectivity index (χ1) is 6.56. The maximum atomic E-state index is 9.42. The maximum Gasteiger partial charge on any atom is 0.116 e. The molecule has 0 aliphatic rings. The smallest absolute Gasteiger partial charge is 0.116 e. The van der Waals surface area contributed by atoms with E-state index in [1.165, 1.54) is 16.7 Å². The Morgan fingerprint density at radius 2 is 1.79 bits per heavy atom. The summed E-state index contributed by atoms with van der Waals surface area (Å²) in [6.07, 6.45) is 1.13. The van der Waals surface area contributed by atoms with Gasteiger partial charge in [-0.25, -0.2) is 0 Å². The number of rotatable bonds is 3. The van der Waals surface area contributed by atoms with Crippen LogP contribution in [0.25, 0.3) is 0 Å². The number of phenolic OH excluding ortho intramolecular Hbond substituents is 1. The minimum absolute atomic E-state index is 0.370. The Morgan fingerprint density at radius 1 is 1.29 bits per heavy atom. The van der Waals surface area contributed by atoms with E-state index in [-0.39, 0.29) is 0 Å². The molecule has 0 bridgehead atoms. The summed E-state index contributed by atoms with van der Waals surface area (Å²) in [6, 6.07) is 3.68. The van der Waals surface area contributed by atoms with E-state index in [9.17, 15) is 5.11 Å².